The summed E-state index contributed by atoms with van der Waals surface area (Å²) in [5.74, 6) is 0.902. The van der Waals surface area contributed by atoms with E-state index in [1.807, 2.05) is 17.9 Å². The second kappa shape index (κ2) is 12.5. The van der Waals surface area contributed by atoms with Crippen LogP contribution in [0.2, 0.25) is 0 Å². The smallest absolute Gasteiger partial charge is 0.240 e. The molecule has 9 nitrogen and oxygen atoms in total. The number of benzene rings is 1. The zero-order valence-corrected chi connectivity index (χ0v) is 18.6. The average molecular weight is 440 g/mol. The monoisotopic (exact) mass is 439 g/mol. The van der Waals surface area contributed by atoms with Gasteiger partial charge in [-0.2, -0.15) is 0 Å². The van der Waals surface area contributed by atoms with Crippen LogP contribution in [0.3, 0.4) is 0 Å². The summed E-state index contributed by atoms with van der Waals surface area (Å²) in [6.07, 6.45) is 2.46. The highest BCUT2D eigenvalue weighted by Crippen LogP contribution is 2.12. The molecule has 1 saturated heterocycles. The summed E-state index contributed by atoms with van der Waals surface area (Å²) in [5, 5.41) is 6.45. The van der Waals surface area contributed by atoms with Gasteiger partial charge in [-0.15, -0.1) is 0 Å². The predicted octanol–water partition coefficient (Wildman–Crippen LogP) is 0.679. The Bertz CT molecular complexity index is 813. The Balaban J connectivity index is 1.89. The minimum Gasteiger partial charge on any atom is -0.383 e. The largest absolute Gasteiger partial charge is 0.383 e. The van der Waals surface area contributed by atoms with Gasteiger partial charge in [0.1, 0.15) is 0 Å². The van der Waals surface area contributed by atoms with Crippen LogP contribution in [-0.2, 0) is 26.1 Å². The van der Waals surface area contributed by atoms with Crippen molar-refractivity contribution in [3.8, 4) is 0 Å². The Kier molecular flexibility index (Phi) is 10.0. The second-order valence-corrected chi connectivity index (χ2v) is 8.76. The van der Waals surface area contributed by atoms with Crippen molar-refractivity contribution in [3.63, 3.8) is 0 Å². The maximum atomic E-state index is 12.4. The van der Waals surface area contributed by atoms with Crippen molar-refractivity contribution >= 4 is 21.9 Å². The van der Waals surface area contributed by atoms with Crippen LogP contribution in [-0.4, -0.2) is 71.6 Å². The number of rotatable bonds is 12. The van der Waals surface area contributed by atoms with E-state index in [0.717, 1.165) is 31.5 Å². The second-order valence-electron chi connectivity index (χ2n) is 7.00. The lowest BCUT2D eigenvalue weighted by Gasteiger charge is -2.16. The third kappa shape index (κ3) is 7.92. The van der Waals surface area contributed by atoms with Gasteiger partial charge in [0.15, 0.2) is 5.96 Å². The molecule has 1 aliphatic rings. The van der Waals surface area contributed by atoms with Gasteiger partial charge in [-0.1, -0.05) is 12.1 Å². The first-order chi connectivity index (χ1) is 14.5. The number of aliphatic imine (C=N–C) groups is 1. The molecule has 0 unspecified atom stereocenters. The molecule has 1 aromatic rings. The number of carbonyl (C=O) groups excluding carboxylic acids is 1. The van der Waals surface area contributed by atoms with Crippen LogP contribution in [0.5, 0.6) is 0 Å². The molecular formula is C20H33N5O4S. The third-order valence-electron chi connectivity index (χ3n) is 4.64. The van der Waals surface area contributed by atoms with E-state index in [9.17, 15) is 13.2 Å². The lowest BCUT2D eigenvalue weighted by molar-refractivity contribution is -0.127. The van der Waals surface area contributed by atoms with Gasteiger partial charge >= 0.3 is 0 Å². The minimum atomic E-state index is -3.58. The van der Waals surface area contributed by atoms with E-state index >= 15 is 0 Å². The van der Waals surface area contributed by atoms with E-state index in [1.165, 1.54) is 7.11 Å². The van der Waals surface area contributed by atoms with Gasteiger partial charge < -0.3 is 20.3 Å². The number of hydrogen-bond acceptors (Lipinski definition) is 5. The first-order valence-electron chi connectivity index (χ1n) is 10.3. The molecule has 2 rings (SSSR count). The third-order valence-corrected chi connectivity index (χ3v) is 6.10. The highest BCUT2D eigenvalue weighted by Gasteiger charge is 2.19. The topological polar surface area (TPSA) is 112 Å². The number of guanidine groups is 1. The van der Waals surface area contributed by atoms with E-state index in [1.54, 1.807) is 18.2 Å². The summed E-state index contributed by atoms with van der Waals surface area (Å²) in [6, 6.07) is 6.75. The van der Waals surface area contributed by atoms with Crippen molar-refractivity contribution in [1.29, 1.82) is 0 Å². The van der Waals surface area contributed by atoms with Gasteiger partial charge in [0.2, 0.25) is 15.9 Å². The minimum absolute atomic E-state index is 0.208. The van der Waals surface area contributed by atoms with E-state index in [4.69, 9.17) is 4.74 Å². The van der Waals surface area contributed by atoms with Gasteiger partial charge in [0.05, 0.1) is 18.0 Å². The molecule has 168 valence electrons. The van der Waals surface area contributed by atoms with Crippen molar-refractivity contribution in [3.05, 3.63) is 29.8 Å². The van der Waals surface area contributed by atoms with Crippen molar-refractivity contribution in [2.45, 2.75) is 37.6 Å². The molecule has 0 atom stereocenters. The van der Waals surface area contributed by atoms with E-state index < -0.39 is 10.0 Å². The molecule has 3 N–H and O–H groups in total. The molecule has 0 saturated carbocycles. The van der Waals surface area contributed by atoms with E-state index in [2.05, 4.69) is 20.3 Å². The van der Waals surface area contributed by atoms with E-state index in [0.29, 0.717) is 38.6 Å². The number of sulfonamides is 1. The highest BCUT2D eigenvalue weighted by atomic mass is 32.2. The van der Waals surface area contributed by atoms with Crippen LogP contribution < -0.4 is 15.4 Å². The molecule has 1 fully saturated rings. The summed E-state index contributed by atoms with van der Waals surface area (Å²) in [5.41, 5.74) is 0.796. The lowest BCUT2D eigenvalue weighted by atomic mass is 10.2. The quantitative estimate of drug-likeness (QED) is 0.251. The number of nitrogens with one attached hydrogen (secondary N) is 3. The number of methoxy groups -OCH3 is 1. The van der Waals surface area contributed by atoms with Gasteiger partial charge in [-0.25, -0.2) is 18.1 Å². The SMILES string of the molecule is CCNC(=NCc1cccc(S(=O)(=O)NCCOC)c1)NCCCN1CCCC1=O. The van der Waals surface area contributed by atoms with Crippen LogP contribution in [0, 0.1) is 0 Å². The molecule has 0 bridgehead atoms. The molecule has 10 heteroatoms. The maximum absolute atomic E-state index is 12.4. The van der Waals surface area contributed by atoms with Gasteiger partial charge in [-0.3, -0.25) is 4.79 Å². The van der Waals surface area contributed by atoms with Crippen molar-refractivity contribution < 1.29 is 17.9 Å². The number of nitrogens with zero attached hydrogens (tertiary/aromatic N) is 2. The Labute approximate surface area is 179 Å². The number of hydrogen-bond donors (Lipinski definition) is 3. The van der Waals surface area contributed by atoms with Crippen LogP contribution in [0.15, 0.2) is 34.2 Å². The Morgan fingerprint density at radius 1 is 1.27 bits per heavy atom. The highest BCUT2D eigenvalue weighted by molar-refractivity contribution is 7.89. The van der Waals surface area contributed by atoms with Crippen molar-refractivity contribution in [2.75, 3.05) is 46.4 Å². The normalized spacial score (nSPS) is 14.9. The number of carbonyl (C=O) groups is 1. The first-order valence-corrected chi connectivity index (χ1v) is 11.8. The molecule has 30 heavy (non-hydrogen) atoms. The Morgan fingerprint density at radius 3 is 2.80 bits per heavy atom. The van der Waals surface area contributed by atoms with Crippen LogP contribution in [0.25, 0.3) is 0 Å². The average Bonchev–Trinajstić information content (AvgIpc) is 3.14. The number of amides is 1. The summed E-state index contributed by atoms with van der Waals surface area (Å²) in [4.78, 5) is 18.3. The molecule has 1 heterocycles. The summed E-state index contributed by atoms with van der Waals surface area (Å²) < 4.78 is 32.1. The maximum Gasteiger partial charge on any atom is 0.240 e. The first kappa shape index (κ1) is 24.1. The Hall–Kier alpha value is -2.17. The van der Waals surface area contributed by atoms with Gasteiger partial charge in [-0.05, 0) is 37.5 Å². The van der Waals surface area contributed by atoms with Gasteiger partial charge in [0.25, 0.3) is 0 Å². The zero-order chi connectivity index (χ0) is 21.8. The van der Waals surface area contributed by atoms with Crippen LogP contribution in [0.1, 0.15) is 31.7 Å². The van der Waals surface area contributed by atoms with E-state index in [-0.39, 0.29) is 17.3 Å². The lowest BCUT2D eigenvalue weighted by Crippen LogP contribution is -2.39. The van der Waals surface area contributed by atoms with Gasteiger partial charge in [0, 0.05) is 46.3 Å². The molecule has 0 radical (unpaired) electrons. The molecule has 1 aliphatic heterocycles. The number of ether oxygens (including phenoxy) is 1. The molecule has 1 aromatic carbocycles. The zero-order valence-electron chi connectivity index (χ0n) is 17.8. The molecule has 0 aromatic heterocycles. The summed E-state index contributed by atoms with van der Waals surface area (Å²) >= 11 is 0. The fraction of sp³-hybridized carbons (Fsp3) is 0.600. The summed E-state index contributed by atoms with van der Waals surface area (Å²) in [6.45, 7) is 5.89. The number of likely N-dealkylation sites (tertiary alicyclic amines) is 1. The molecule has 0 spiro atoms. The Morgan fingerprint density at radius 2 is 2.10 bits per heavy atom. The summed E-state index contributed by atoms with van der Waals surface area (Å²) in [7, 11) is -2.05. The standard InChI is InChI=1S/C20H33N5O4S/c1-3-21-20(22-10-6-13-25-12-5-9-19(25)26)23-16-17-7-4-8-18(15-17)30(27,28)24-11-14-29-2/h4,7-8,15,24H,3,5-6,9-14,16H2,1-2H3,(H2,21,22,23). The molecule has 1 amide bonds. The fourth-order valence-electron chi connectivity index (χ4n) is 3.10. The molecular weight excluding hydrogens is 406 g/mol. The van der Waals surface area contributed by atoms with Crippen molar-refractivity contribution in [2.24, 2.45) is 4.99 Å². The fourth-order valence-corrected chi connectivity index (χ4v) is 4.18. The molecule has 0 aliphatic carbocycles. The van der Waals surface area contributed by atoms with Crippen LogP contribution in [0.4, 0.5) is 0 Å². The predicted molar refractivity (Wildman–Crippen MR) is 117 cm³/mol. The van der Waals surface area contributed by atoms with Crippen LogP contribution >= 0.6 is 0 Å². The van der Waals surface area contributed by atoms with Crippen molar-refractivity contribution in [1.82, 2.24) is 20.3 Å².